The average Bonchev–Trinajstić information content (AvgIpc) is 3.13. The lowest BCUT2D eigenvalue weighted by Crippen LogP contribution is -2.50. The monoisotopic (exact) mass is 420 g/mol. The Labute approximate surface area is 177 Å². The Morgan fingerprint density at radius 3 is 2.79 bits per heavy atom. The largest absolute Gasteiger partial charge is 0.346 e. The summed E-state index contributed by atoms with van der Waals surface area (Å²) in [4.78, 5) is 31.1. The molecule has 1 aromatic heterocycles. The number of imidazole rings is 1. The molecule has 158 valence electrons. The minimum absolute atomic E-state index is 0. The first-order valence-corrected chi connectivity index (χ1v) is 9.65. The van der Waals surface area contributed by atoms with Crippen molar-refractivity contribution in [2.24, 2.45) is 7.05 Å². The van der Waals surface area contributed by atoms with Crippen molar-refractivity contribution in [3.8, 4) is 0 Å². The van der Waals surface area contributed by atoms with Crippen molar-refractivity contribution in [3.63, 3.8) is 0 Å². The summed E-state index contributed by atoms with van der Waals surface area (Å²) in [5, 5.41) is 8.95. The highest BCUT2D eigenvalue weighted by Gasteiger charge is 2.28. The van der Waals surface area contributed by atoms with E-state index in [4.69, 9.17) is 0 Å². The van der Waals surface area contributed by atoms with Crippen LogP contribution in [0, 0.1) is 0 Å². The van der Waals surface area contributed by atoms with E-state index < -0.39 is 0 Å². The third-order valence-corrected chi connectivity index (χ3v) is 4.98. The summed E-state index contributed by atoms with van der Waals surface area (Å²) in [5.74, 6) is 0.532. The molecule has 3 N–H and O–H groups in total. The summed E-state index contributed by atoms with van der Waals surface area (Å²) in [5.41, 5.74) is 1.86. The molecule has 1 unspecified atom stereocenters. The standard InChI is InChI=1S/C20H28N6O2.ClH/c1-3-15-6-4-5-7-16(15)24-18(27)13-23-19(28)14-26-11-8-21-12-17(26)20-22-9-10-25(20)2;/h4-7,9-10,17,21H,3,8,11-14H2,1-2H3,(H,23,28)(H,24,27);1H. The lowest BCUT2D eigenvalue weighted by Gasteiger charge is -2.35. The highest BCUT2D eigenvalue weighted by molar-refractivity contribution is 5.95. The van der Waals surface area contributed by atoms with E-state index >= 15 is 0 Å². The van der Waals surface area contributed by atoms with E-state index in [0.29, 0.717) is 0 Å². The molecular formula is C20H29ClN6O2. The first-order valence-electron chi connectivity index (χ1n) is 9.65. The number of rotatable bonds is 7. The quantitative estimate of drug-likeness (QED) is 0.624. The third kappa shape index (κ3) is 6.03. The fourth-order valence-electron chi connectivity index (χ4n) is 3.45. The van der Waals surface area contributed by atoms with Crippen LogP contribution >= 0.6 is 12.4 Å². The molecule has 1 saturated heterocycles. The van der Waals surface area contributed by atoms with Crippen molar-refractivity contribution in [1.82, 2.24) is 25.1 Å². The maximum Gasteiger partial charge on any atom is 0.243 e. The van der Waals surface area contributed by atoms with Gasteiger partial charge < -0.3 is 20.5 Å². The Balaban J connectivity index is 0.00000300. The number of hydrogen-bond acceptors (Lipinski definition) is 5. The van der Waals surface area contributed by atoms with E-state index in [9.17, 15) is 9.59 Å². The molecule has 1 aromatic carbocycles. The van der Waals surface area contributed by atoms with E-state index in [1.165, 1.54) is 0 Å². The van der Waals surface area contributed by atoms with Gasteiger partial charge in [0.1, 0.15) is 5.82 Å². The van der Waals surface area contributed by atoms with Crippen LogP contribution in [0.2, 0.25) is 0 Å². The van der Waals surface area contributed by atoms with Crippen LogP contribution in [0.25, 0.3) is 0 Å². The van der Waals surface area contributed by atoms with Crippen molar-refractivity contribution >= 4 is 29.9 Å². The summed E-state index contributed by atoms with van der Waals surface area (Å²) in [6.45, 7) is 4.54. The molecule has 1 fully saturated rings. The summed E-state index contributed by atoms with van der Waals surface area (Å²) in [6.07, 6.45) is 4.50. The van der Waals surface area contributed by atoms with Crippen molar-refractivity contribution in [2.75, 3.05) is 38.0 Å². The highest BCUT2D eigenvalue weighted by Crippen LogP contribution is 2.19. The van der Waals surface area contributed by atoms with Gasteiger partial charge in [-0.05, 0) is 18.1 Å². The van der Waals surface area contributed by atoms with E-state index in [-0.39, 0.29) is 43.4 Å². The van der Waals surface area contributed by atoms with Crippen molar-refractivity contribution in [3.05, 3.63) is 48.0 Å². The summed E-state index contributed by atoms with van der Waals surface area (Å²) >= 11 is 0. The Bertz CT molecular complexity index is 825. The molecule has 9 heteroatoms. The first kappa shape index (κ1) is 22.9. The number of aromatic nitrogens is 2. The summed E-state index contributed by atoms with van der Waals surface area (Å²) in [6, 6.07) is 7.72. The Hall–Kier alpha value is -2.42. The van der Waals surface area contributed by atoms with E-state index in [1.54, 1.807) is 6.20 Å². The van der Waals surface area contributed by atoms with Gasteiger partial charge in [-0.15, -0.1) is 12.4 Å². The predicted molar refractivity (Wildman–Crippen MR) is 115 cm³/mol. The molecule has 2 heterocycles. The van der Waals surface area contributed by atoms with Gasteiger partial charge in [-0.1, -0.05) is 25.1 Å². The minimum atomic E-state index is -0.227. The number of anilines is 1. The average molecular weight is 421 g/mol. The van der Waals surface area contributed by atoms with Crippen molar-refractivity contribution in [2.45, 2.75) is 19.4 Å². The van der Waals surface area contributed by atoms with Crippen LogP contribution in [0.4, 0.5) is 5.69 Å². The predicted octanol–water partition coefficient (Wildman–Crippen LogP) is 1.11. The smallest absolute Gasteiger partial charge is 0.243 e. The van der Waals surface area contributed by atoms with Gasteiger partial charge in [-0.2, -0.15) is 0 Å². The van der Waals surface area contributed by atoms with E-state index in [2.05, 4.69) is 25.8 Å². The second-order valence-electron chi connectivity index (χ2n) is 6.92. The number of para-hydroxylation sites is 1. The molecule has 2 amide bonds. The Morgan fingerprint density at radius 2 is 2.07 bits per heavy atom. The van der Waals surface area contributed by atoms with Gasteiger partial charge >= 0.3 is 0 Å². The summed E-state index contributed by atoms with van der Waals surface area (Å²) < 4.78 is 1.97. The maximum absolute atomic E-state index is 12.4. The Kier molecular flexibility index (Phi) is 8.63. The zero-order chi connectivity index (χ0) is 19.9. The normalized spacial score (nSPS) is 16.7. The number of piperazine rings is 1. The topological polar surface area (TPSA) is 91.3 Å². The van der Waals surface area contributed by atoms with Gasteiger partial charge in [0, 0.05) is 44.8 Å². The molecule has 1 aliphatic rings. The molecule has 0 spiro atoms. The van der Waals surface area contributed by atoms with Crippen LogP contribution in [-0.2, 0) is 23.1 Å². The minimum Gasteiger partial charge on any atom is -0.346 e. The number of halogens is 1. The second kappa shape index (κ2) is 10.9. The molecule has 0 saturated carbocycles. The van der Waals surface area contributed by atoms with Gasteiger partial charge in [-0.3, -0.25) is 14.5 Å². The molecule has 0 radical (unpaired) electrons. The molecule has 3 rings (SSSR count). The van der Waals surface area contributed by atoms with Gasteiger partial charge in [0.25, 0.3) is 0 Å². The maximum atomic E-state index is 12.4. The van der Waals surface area contributed by atoms with Gasteiger partial charge in [-0.25, -0.2) is 4.98 Å². The number of benzene rings is 1. The lowest BCUT2D eigenvalue weighted by atomic mass is 10.1. The molecule has 8 nitrogen and oxygen atoms in total. The highest BCUT2D eigenvalue weighted by atomic mass is 35.5. The third-order valence-electron chi connectivity index (χ3n) is 4.98. The fraction of sp³-hybridized carbons (Fsp3) is 0.450. The zero-order valence-electron chi connectivity index (χ0n) is 16.9. The van der Waals surface area contributed by atoms with Crippen LogP contribution in [-0.4, -0.2) is 59.0 Å². The van der Waals surface area contributed by atoms with Crippen molar-refractivity contribution < 1.29 is 9.59 Å². The van der Waals surface area contributed by atoms with Crippen LogP contribution in [0.5, 0.6) is 0 Å². The van der Waals surface area contributed by atoms with Crippen LogP contribution < -0.4 is 16.0 Å². The number of carbonyl (C=O) groups is 2. The van der Waals surface area contributed by atoms with Crippen molar-refractivity contribution in [1.29, 1.82) is 0 Å². The van der Waals surface area contributed by atoms with Crippen LogP contribution in [0.15, 0.2) is 36.7 Å². The summed E-state index contributed by atoms with van der Waals surface area (Å²) in [7, 11) is 1.95. The SMILES string of the molecule is CCc1ccccc1NC(=O)CNC(=O)CN1CCNCC1c1nccn1C.Cl. The van der Waals surface area contributed by atoms with E-state index in [1.807, 2.05) is 49.0 Å². The number of nitrogens with one attached hydrogen (secondary N) is 3. The van der Waals surface area contributed by atoms with Gasteiger partial charge in [0.05, 0.1) is 19.1 Å². The molecule has 1 atom stereocenters. The number of nitrogens with zero attached hydrogens (tertiary/aromatic N) is 3. The molecule has 0 bridgehead atoms. The number of carbonyl (C=O) groups excluding carboxylic acids is 2. The van der Waals surface area contributed by atoms with Gasteiger partial charge in [0.2, 0.25) is 11.8 Å². The number of aryl methyl sites for hydroxylation is 2. The van der Waals surface area contributed by atoms with Crippen LogP contribution in [0.3, 0.4) is 0 Å². The number of amides is 2. The molecule has 2 aromatic rings. The molecule has 29 heavy (non-hydrogen) atoms. The molecule has 0 aliphatic carbocycles. The molecular weight excluding hydrogens is 392 g/mol. The number of hydrogen-bond donors (Lipinski definition) is 3. The lowest BCUT2D eigenvalue weighted by molar-refractivity contribution is -0.125. The Morgan fingerprint density at radius 1 is 1.28 bits per heavy atom. The van der Waals surface area contributed by atoms with Gasteiger partial charge in [0.15, 0.2) is 0 Å². The van der Waals surface area contributed by atoms with Crippen LogP contribution in [0.1, 0.15) is 24.4 Å². The molecule has 1 aliphatic heterocycles. The fourth-order valence-corrected chi connectivity index (χ4v) is 3.45. The zero-order valence-corrected chi connectivity index (χ0v) is 17.7. The first-order chi connectivity index (χ1) is 13.6. The van der Waals surface area contributed by atoms with E-state index in [0.717, 1.165) is 43.1 Å². The second-order valence-corrected chi connectivity index (χ2v) is 6.92.